The fourth-order valence-electron chi connectivity index (χ4n) is 8.35. The molecule has 2 aliphatic rings. The topological polar surface area (TPSA) is 97.3 Å². The second-order valence-corrected chi connectivity index (χ2v) is 14.9. The maximum atomic E-state index is 5.62. The minimum absolute atomic E-state index is 0.729. The predicted octanol–water partition coefficient (Wildman–Crippen LogP) is 12.5. The molecule has 0 atom stereocenters. The van der Waals surface area contributed by atoms with Crippen molar-refractivity contribution >= 4 is 46.0 Å². The van der Waals surface area contributed by atoms with Gasteiger partial charge in [-0.25, -0.2) is 14.6 Å². The molecule has 0 amide bonds. The largest absolute Gasteiger partial charge is 0.497 e. The van der Waals surface area contributed by atoms with Gasteiger partial charge in [-0.3, -0.25) is 0 Å². The fraction of sp³-hybridized carbons (Fsp3) is 0.0189. The maximum Gasteiger partial charge on any atom is 0.118 e. The van der Waals surface area contributed by atoms with Crippen LogP contribution in [0.4, 0.5) is 0 Å². The molecule has 290 valence electrons. The lowest BCUT2D eigenvalue weighted by molar-refractivity contribution is 0.415. The highest BCUT2D eigenvalue weighted by atomic mass is 16.5. The number of aromatic amines is 2. The normalized spacial score (nSPS) is 12.0. The van der Waals surface area contributed by atoms with Crippen LogP contribution in [0.2, 0.25) is 0 Å². The number of nitrogens with one attached hydrogen (secondary N) is 2. The van der Waals surface area contributed by atoms with Crippen LogP contribution in [0.1, 0.15) is 22.8 Å². The molecule has 0 saturated heterocycles. The third kappa shape index (κ3) is 6.53. The summed E-state index contributed by atoms with van der Waals surface area (Å²) < 4.78 is 7.27. The van der Waals surface area contributed by atoms with Crippen LogP contribution in [-0.4, -0.2) is 42.0 Å². The van der Waals surface area contributed by atoms with E-state index in [1.165, 1.54) is 0 Å². The van der Waals surface area contributed by atoms with E-state index in [1.54, 1.807) is 7.11 Å². The van der Waals surface area contributed by atoms with Gasteiger partial charge in [-0.05, 0) is 89.0 Å². The van der Waals surface area contributed by atoms with E-state index in [-0.39, 0.29) is 0 Å². The van der Waals surface area contributed by atoms with Crippen molar-refractivity contribution in [2.24, 2.45) is 0 Å². The first-order valence-electron chi connectivity index (χ1n) is 20.2. The van der Waals surface area contributed by atoms with Crippen molar-refractivity contribution in [3.8, 4) is 61.5 Å². The van der Waals surface area contributed by atoms with Gasteiger partial charge in [0.15, 0.2) is 0 Å². The minimum atomic E-state index is 0.729. The number of H-pyrrole nitrogens is 2. The van der Waals surface area contributed by atoms with E-state index in [9.17, 15) is 0 Å². The van der Waals surface area contributed by atoms with Crippen LogP contribution in [0.25, 0.3) is 102 Å². The summed E-state index contributed by atoms with van der Waals surface area (Å²) in [5.41, 5.74) is 17.4. The van der Waals surface area contributed by atoms with E-state index >= 15 is 0 Å². The third-order valence-electron chi connectivity index (χ3n) is 11.2. The Kier molecular flexibility index (Phi) is 8.86. The van der Waals surface area contributed by atoms with Crippen LogP contribution >= 0.6 is 0 Å². The first kappa shape index (κ1) is 35.8. The smallest absolute Gasteiger partial charge is 0.118 e. The van der Waals surface area contributed by atoms with Gasteiger partial charge in [-0.15, -0.1) is 5.10 Å². The van der Waals surface area contributed by atoms with Crippen LogP contribution in [0.3, 0.4) is 0 Å². The second-order valence-electron chi connectivity index (χ2n) is 14.9. The zero-order valence-electron chi connectivity index (χ0n) is 33.1. The molecule has 8 heteroatoms. The van der Waals surface area contributed by atoms with Gasteiger partial charge in [0.1, 0.15) is 11.4 Å². The summed E-state index contributed by atoms with van der Waals surface area (Å²) in [6.07, 6.45) is 8.35. The van der Waals surface area contributed by atoms with Gasteiger partial charge < -0.3 is 14.7 Å². The van der Waals surface area contributed by atoms with Crippen molar-refractivity contribution in [1.29, 1.82) is 0 Å². The van der Waals surface area contributed by atoms with Crippen LogP contribution in [-0.2, 0) is 0 Å². The molecule has 8 bridgehead atoms. The SMILES string of the molecule is COc1ccc(-c2cn(C3=Cc4nc3c(-c3ccccc3)c3ccc([nH]3)c(-c3ccccc3)c3nc(c(-c5ccccc5)c5ccc([nH]5)c4-c4ccccc4)C=C3)nn2)cc1. The Morgan fingerprint density at radius 1 is 0.443 bits per heavy atom. The maximum absolute atomic E-state index is 5.62. The summed E-state index contributed by atoms with van der Waals surface area (Å²) in [5.74, 6) is 0.776. The summed E-state index contributed by atoms with van der Waals surface area (Å²) in [6, 6.07) is 58.2. The fourth-order valence-corrected chi connectivity index (χ4v) is 8.35. The predicted molar refractivity (Wildman–Crippen MR) is 247 cm³/mol. The van der Waals surface area contributed by atoms with Gasteiger partial charge in [-0.2, -0.15) is 0 Å². The molecule has 0 radical (unpaired) electrons. The third-order valence-corrected chi connectivity index (χ3v) is 11.2. The van der Waals surface area contributed by atoms with Crippen molar-refractivity contribution in [2.45, 2.75) is 0 Å². The molecular weight excluding hydrogens is 751 g/mol. The summed E-state index contributed by atoms with van der Waals surface area (Å²) in [6.45, 7) is 0. The molecule has 0 aliphatic carbocycles. The van der Waals surface area contributed by atoms with Gasteiger partial charge in [0.05, 0.1) is 41.8 Å². The highest BCUT2D eigenvalue weighted by Gasteiger charge is 2.24. The van der Waals surface area contributed by atoms with Crippen molar-refractivity contribution in [3.63, 3.8) is 0 Å². The van der Waals surface area contributed by atoms with Crippen LogP contribution in [0.15, 0.2) is 176 Å². The molecule has 8 nitrogen and oxygen atoms in total. The Balaban J connectivity index is 1.30. The number of methoxy groups -OCH3 is 1. The minimum Gasteiger partial charge on any atom is -0.497 e. The van der Waals surface area contributed by atoms with Crippen LogP contribution in [0, 0.1) is 0 Å². The van der Waals surface area contributed by atoms with Gasteiger partial charge in [-0.1, -0.05) is 127 Å². The van der Waals surface area contributed by atoms with Crippen molar-refractivity contribution in [3.05, 3.63) is 199 Å². The van der Waals surface area contributed by atoms with E-state index in [0.717, 1.165) is 112 Å². The number of ether oxygens (including phenoxy) is 1. The van der Waals surface area contributed by atoms with E-state index in [4.69, 9.17) is 19.9 Å². The Bertz CT molecular complexity index is 3310. The Labute approximate surface area is 351 Å². The van der Waals surface area contributed by atoms with Gasteiger partial charge in [0, 0.05) is 49.9 Å². The van der Waals surface area contributed by atoms with Crippen LogP contribution < -0.4 is 4.74 Å². The van der Waals surface area contributed by atoms with Crippen molar-refractivity contribution < 1.29 is 4.74 Å². The molecule has 0 saturated carbocycles. The quantitative estimate of drug-likeness (QED) is 0.168. The summed E-state index contributed by atoms with van der Waals surface area (Å²) in [7, 11) is 1.66. The summed E-state index contributed by atoms with van der Waals surface area (Å²) in [5, 5.41) is 9.43. The number of hydrogen-bond acceptors (Lipinski definition) is 5. The molecule has 9 aromatic rings. The standard InChI is InChI=1S/C53H37N7O/c1-61-39-24-22-34(23-25-39)47-33-60(59-58-47)48-32-46-51(37-18-10-4-11-19-37)44-29-28-42(55-44)49(35-14-6-2-7-15-35)40-26-27-41(54-40)50(36-16-8-3-9-17-36)43-30-31-45(56-43)52(53(48)57-46)38-20-12-5-13-21-38/h2-33,55-56H,1H3. The van der Waals surface area contributed by atoms with Crippen molar-refractivity contribution in [2.75, 3.05) is 7.11 Å². The lowest BCUT2D eigenvalue weighted by Gasteiger charge is -2.09. The molecule has 4 aromatic heterocycles. The average molecular weight is 788 g/mol. The van der Waals surface area contributed by atoms with Gasteiger partial charge >= 0.3 is 0 Å². The lowest BCUT2D eigenvalue weighted by atomic mass is 10.0. The average Bonchev–Trinajstić information content (AvgIpc) is 4.19. The van der Waals surface area contributed by atoms with Gasteiger partial charge in [0.2, 0.25) is 0 Å². The van der Waals surface area contributed by atoms with E-state index in [1.807, 2.05) is 59.4 Å². The van der Waals surface area contributed by atoms with E-state index < -0.39 is 0 Å². The molecule has 61 heavy (non-hydrogen) atoms. The molecule has 11 rings (SSSR count). The molecule has 6 heterocycles. The Morgan fingerprint density at radius 3 is 1.36 bits per heavy atom. The lowest BCUT2D eigenvalue weighted by Crippen LogP contribution is -2.00. The highest BCUT2D eigenvalue weighted by molar-refractivity contribution is 6.02. The molecule has 5 aromatic carbocycles. The highest BCUT2D eigenvalue weighted by Crippen LogP contribution is 2.41. The Hall–Kier alpha value is -8.36. The van der Waals surface area contributed by atoms with Gasteiger partial charge in [0.25, 0.3) is 0 Å². The number of fused-ring (bicyclic) bond motifs is 8. The zero-order valence-corrected chi connectivity index (χ0v) is 33.1. The monoisotopic (exact) mass is 787 g/mol. The molecule has 0 unspecified atom stereocenters. The number of nitrogens with zero attached hydrogens (tertiary/aromatic N) is 5. The van der Waals surface area contributed by atoms with Crippen molar-refractivity contribution in [1.82, 2.24) is 34.9 Å². The zero-order chi connectivity index (χ0) is 40.7. The first-order chi connectivity index (χ1) is 30.2. The number of hydrogen-bond donors (Lipinski definition) is 2. The molecule has 2 N–H and O–H groups in total. The molecule has 0 spiro atoms. The number of aromatic nitrogens is 7. The number of benzene rings is 5. The van der Waals surface area contributed by atoms with E-state index in [0.29, 0.717) is 0 Å². The Morgan fingerprint density at radius 2 is 0.885 bits per heavy atom. The molecule has 0 fully saturated rings. The number of rotatable bonds is 7. The second kappa shape index (κ2) is 15.1. The molecule has 2 aliphatic heterocycles. The first-order valence-corrected chi connectivity index (χ1v) is 20.2. The summed E-state index contributed by atoms with van der Waals surface area (Å²) in [4.78, 5) is 18.8. The molecular formula is C53H37N7O. The van der Waals surface area contributed by atoms with E-state index in [2.05, 4.69) is 155 Å². The van der Waals surface area contributed by atoms with Crippen LogP contribution in [0.5, 0.6) is 5.75 Å². The summed E-state index contributed by atoms with van der Waals surface area (Å²) >= 11 is 0.